The van der Waals surface area contributed by atoms with Crippen LogP contribution in [0.25, 0.3) is 22.5 Å². The molecule has 14 nitrogen and oxygen atoms in total. The van der Waals surface area contributed by atoms with E-state index in [4.69, 9.17) is 21.1 Å². The fourth-order valence-electron chi connectivity index (χ4n) is 9.30. The highest BCUT2D eigenvalue weighted by Crippen LogP contribution is 2.44. The van der Waals surface area contributed by atoms with Crippen LogP contribution in [0.1, 0.15) is 102 Å². The number of rotatable bonds is 19. The van der Waals surface area contributed by atoms with Gasteiger partial charge in [-0.25, -0.2) is 0 Å². The summed E-state index contributed by atoms with van der Waals surface area (Å²) in [5, 5.41) is 41.4. The molecule has 4 N–H and O–H groups in total. The summed E-state index contributed by atoms with van der Waals surface area (Å²) in [5.41, 5.74) is 7.82. The number of piperazine rings is 1. The topological polar surface area (TPSA) is 171 Å². The van der Waals surface area contributed by atoms with E-state index in [2.05, 4.69) is 85.5 Å². The van der Waals surface area contributed by atoms with Gasteiger partial charge in [0.05, 0.1) is 22.9 Å². The van der Waals surface area contributed by atoms with Crippen LogP contribution in [0.5, 0.6) is 11.5 Å². The molecule has 3 aromatic carbocycles. The highest BCUT2D eigenvalue weighted by atomic mass is 35.5. The fourth-order valence-corrected chi connectivity index (χ4v) is 10.6. The Bertz CT molecular complexity index is 2620. The monoisotopic (exact) mass is 961 g/mol. The number of aromatic hydroxyl groups is 2. The van der Waals surface area contributed by atoms with Gasteiger partial charge in [0.1, 0.15) is 22.3 Å². The minimum absolute atomic E-state index is 0.00733. The van der Waals surface area contributed by atoms with Crippen molar-refractivity contribution in [1.29, 1.82) is 0 Å². The number of carbonyl (C=O) groups is 2. The van der Waals surface area contributed by atoms with Crippen molar-refractivity contribution in [3.8, 4) is 33.9 Å². The van der Waals surface area contributed by atoms with Gasteiger partial charge in [-0.15, -0.1) is 16.4 Å². The first kappa shape index (κ1) is 50.0. The lowest BCUT2D eigenvalue weighted by molar-refractivity contribution is -0.109. The molecule has 360 valence electrons. The third-order valence-electron chi connectivity index (χ3n) is 13.1. The van der Waals surface area contributed by atoms with E-state index in [0.29, 0.717) is 47.3 Å². The molecule has 7 rings (SSSR count). The second kappa shape index (κ2) is 23.0. The minimum atomic E-state index is -0.376. The maximum atomic E-state index is 13.2. The van der Waals surface area contributed by atoms with Crippen LogP contribution < -0.4 is 15.5 Å². The number of aliphatic imine (C=N–C) groups is 1. The molecule has 1 saturated heterocycles. The van der Waals surface area contributed by atoms with Crippen LogP contribution in [0, 0.1) is 19.8 Å². The molecule has 16 heteroatoms. The van der Waals surface area contributed by atoms with E-state index in [0.717, 1.165) is 110 Å². The van der Waals surface area contributed by atoms with Crippen molar-refractivity contribution in [1.82, 2.24) is 25.6 Å². The smallest absolute Gasteiger partial charge is 0.274 e. The van der Waals surface area contributed by atoms with E-state index >= 15 is 0 Å². The lowest BCUT2D eigenvalue weighted by Gasteiger charge is -2.36. The Morgan fingerprint density at radius 1 is 1.00 bits per heavy atom. The molecule has 2 amide bonds. The first-order valence-electron chi connectivity index (χ1n) is 23.6. The number of carbonyl (C=O) groups excluding carboxylic acids is 2. The molecule has 2 aromatic heterocycles. The average molecular weight is 963 g/mol. The summed E-state index contributed by atoms with van der Waals surface area (Å²) >= 11 is 8.10. The standard InChI is InChI=1S/C52H64ClN9O5S/c1-8-56-51(66)49-47(50(67-59-49)43-26-42(32(2)3)44(64)27-45(43)65)38-14-12-37(13-15-38)29-61-24-22-60(23-25-61)28-36(20-21-55-31-63)10-9-11-41-30-62(35(6)58-54-7)52-46(33(4)34(5)68-52)48(57-41)39-16-18-40(53)19-17-39/h12-19,26-27,31-32,36,41,64-65H,7-11,20-25,28-30H2,1-6H3,(H,55,63)(H,56,66)/b58-35-/t36?,41-/m0/s1. The molecule has 5 aromatic rings. The number of phenols is 2. The van der Waals surface area contributed by atoms with E-state index in [1.165, 1.54) is 16.5 Å². The van der Waals surface area contributed by atoms with Gasteiger partial charge in [0.2, 0.25) is 6.41 Å². The maximum Gasteiger partial charge on any atom is 0.274 e. The zero-order valence-corrected chi connectivity index (χ0v) is 41.6. The molecule has 0 aliphatic carbocycles. The summed E-state index contributed by atoms with van der Waals surface area (Å²) in [7, 11) is 0. The summed E-state index contributed by atoms with van der Waals surface area (Å²) in [6.45, 7) is 22.9. The predicted molar refractivity (Wildman–Crippen MR) is 275 cm³/mol. The Morgan fingerprint density at radius 2 is 1.71 bits per heavy atom. The Hall–Kier alpha value is -5.87. The van der Waals surface area contributed by atoms with Crippen molar-refractivity contribution in [2.24, 2.45) is 21.1 Å². The van der Waals surface area contributed by atoms with E-state index in [9.17, 15) is 19.8 Å². The van der Waals surface area contributed by atoms with Crippen molar-refractivity contribution < 1.29 is 24.3 Å². The molecule has 2 aliphatic heterocycles. The third-order valence-corrected chi connectivity index (χ3v) is 14.6. The summed E-state index contributed by atoms with van der Waals surface area (Å²) in [4.78, 5) is 38.5. The van der Waals surface area contributed by atoms with Crippen LogP contribution >= 0.6 is 22.9 Å². The summed E-state index contributed by atoms with van der Waals surface area (Å²) in [6.07, 6.45) is 4.57. The van der Waals surface area contributed by atoms with Gasteiger partial charge in [0.25, 0.3) is 5.91 Å². The molecule has 4 heterocycles. The first-order chi connectivity index (χ1) is 32.8. The number of amidine groups is 1. The molecule has 1 unspecified atom stereocenters. The van der Waals surface area contributed by atoms with Gasteiger partial charge in [-0.1, -0.05) is 73.4 Å². The maximum absolute atomic E-state index is 13.2. The number of phenolic OH excluding ortho intramolecular Hbond substituents is 2. The molecule has 0 saturated carbocycles. The molecular formula is C52H64ClN9O5S. The highest BCUT2D eigenvalue weighted by molar-refractivity contribution is 7.17. The Balaban J connectivity index is 1.00. The molecular weight excluding hydrogens is 898 g/mol. The number of fused-ring (bicyclic) bond motifs is 1. The summed E-state index contributed by atoms with van der Waals surface area (Å²) in [6, 6.07) is 19.0. The van der Waals surface area contributed by atoms with Crippen molar-refractivity contribution >= 4 is 58.5 Å². The van der Waals surface area contributed by atoms with Gasteiger partial charge < -0.3 is 35.2 Å². The Labute approximate surface area is 408 Å². The van der Waals surface area contributed by atoms with E-state index in [1.54, 1.807) is 17.4 Å². The second-order valence-electron chi connectivity index (χ2n) is 18.1. The quantitative estimate of drug-likeness (QED) is 0.0207. The molecule has 68 heavy (non-hydrogen) atoms. The number of hydrogen-bond acceptors (Lipinski definition) is 12. The van der Waals surface area contributed by atoms with E-state index in [1.807, 2.05) is 52.0 Å². The average Bonchev–Trinajstić information content (AvgIpc) is 3.83. The van der Waals surface area contributed by atoms with Gasteiger partial charge in [-0.05, 0) is 99.2 Å². The normalized spacial score (nSPS) is 16.3. The Morgan fingerprint density at radius 3 is 2.38 bits per heavy atom. The van der Waals surface area contributed by atoms with Gasteiger partial charge >= 0.3 is 0 Å². The SMILES string of the molecule is C=N/N=C(/C)N1C[C@H](CCCC(CCNC=O)CN2CCN(Cc3ccc(-c4c(C(=O)NCC)noc4-c4cc(C(C)C)c(O)cc4O)cc3)CC2)N=C(c2ccc(Cl)cc2)c2c1sc(C)c2C. The lowest BCUT2D eigenvalue weighted by atomic mass is 9.94. The minimum Gasteiger partial charge on any atom is -0.508 e. The van der Waals surface area contributed by atoms with Gasteiger partial charge in [-0.3, -0.25) is 19.5 Å². The summed E-state index contributed by atoms with van der Waals surface area (Å²) in [5.74, 6) is 0.868. The number of halogens is 1. The van der Waals surface area contributed by atoms with Crippen LogP contribution in [0.3, 0.4) is 0 Å². The van der Waals surface area contributed by atoms with Gasteiger partial charge in [-0.2, -0.15) is 5.10 Å². The number of nitrogens with zero attached hydrogens (tertiary/aromatic N) is 7. The number of benzene rings is 3. The largest absolute Gasteiger partial charge is 0.508 e. The van der Waals surface area contributed by atoms with Crippen LogP contribution in [-0.4, -0.2) is 114 Å². The third kappa shape index (κ3) is 11.7. The van der Waals surface area contributed by atoms with E-state index in [-0.39, 0.29) is 40.8 Å². The van der Waals surface area contributed by atoms with Gasteiger partial charge in [0.15, 0.2) is 11.5 Å². The number of hydrogen-bond donors (Lipinski definition) is 4. The molecule has 0 bridgehead atoms. The number of nitrogens with one attached hydrogen (secondary N) is 2. The van der Waals surface area contributed by atoms with Crippen LogP contribution in [0.4, 0.5) is 5.00 Å². The van der Waals surface area contributed by atoms with Crippen molar-refractivity contribution in [3.05, 3.63) is 104 Å². The summed E-state index contributed by atoms with van der Waals surface area (Å²) < 4.78 is 5.78. The number of aromatic nitrogens is 1. The lowest BCUT2D eigenvalue weighted by Crippen LogP contribution is -2.47. The predicted octanol–water partition coefficient (Wildman–Crippen LogP) is 9.43. The number of amides is 2. The number of aryl methyl sites for hydroxylation is 1. The first-order valence-corrected chi connectivity index (χ1v) is 24.8. The van der Waals surface area contributed by atoms with Crippen molar-refractivity contribution in [3.63, 3.8) is 0 Å². The number of anilines is 1. The molecule has 2 aliphatic rings. The van der Waals surface area contributed by atoms with Crippen LogP contribution in [0.2, 0.25) is 5.02 Å². The van der Waals surface area contributed by atoms with Crippen LogP contribution in [0.15, 0.2) is 80.4 Å². The Kier molecular flexibility index (Phi) is 16.9. The van der Waals surface area contributed by atoms with Crippen LogP contribution in [-0.2, 0) is 11.3 Å². The number of thiophene rings is 1. The van der Waals surface area contributed by atoms with Gasteiger partial charge in [0, 0.05) is 92.7 Å². The zero-order chi connectivity index (χ0) is 48.5. The van der Waals surface area contributed by atoms with E-state index < -0.39 is 0 Å². The molecule has 1 fully saturated rings. The molecule has 0 spiro atoms. The van der Waals surface area contributed by atoms with Crippen molar-refractivity contribution in [2.45, 2.75) is 85.7 Å². The highest BCUT2D eigenvalue weighted by Gasteiger charge is 2.32. The molecule has 2 atom stereocenters. The fraction of sp³-hybridized carbons (Fsp3) is 0.423. The second-order valence-corrected chi connectivity index (χ2v) is 19.7. The molecule has 0 radical (unpaired) electrons. The zero-order valence-electron chi connectivity index (χ0n) is 40.0. The van der Waals surface area contributed by atoms with Crippen molar-refractivity contribution in [2.75, 3.05) is 57.3 Å².